The minimum absolute atomic E-state index is 0. The minimum Gasteiger partial charge on any atom is -0.735 e. The SMILES string of the molecule is Cc1cc(OCC(O)CN(C)CC(O)CNS(=O)(=O)[O-])ccc1Cl.[K+]. The molecule has 0 spiro atoms. The number of halogens is 1. The largest absolute Gasteiger partial charge is 1.00 e. The molecule has 0 amide bonds. The first kappa shape index (κ1) is 25.7. The van der Waals surface area contributed by atoms with Crippen molar-refractivity contribution in [3.63, 3.8) is 0 Å². The van der Waals surface area contributed by atoms with Crippen LogP contribution in [0.4, 0.5) is 0 Å². The zero-order chi connectivity index (χ0) is 18.3. The van der Waals surface area contributed by atoms with E-state index in [0.29, 0.717) is 10.8 Å². The Balaban J connectivity index is 0.00000576. The Hall–Kier alpha value is 0.696. The predicted octanol–water partition coefficient (Wildman–Crippen LogP) is -3.27. The van der Waals surface area contributed by atoms with Gasteiger partial charge in [-0.1, -0.05) is 11.6 Å². The molecular weight excluding hydrogens is 399 g/mol. The Labute approximate surface area is 195 Å². The number of nitrogens with one attached hydrogen (secondary N) is 1. The molecule has 0 saturated heterocycles. The summed E-state index contributed by atoms with van der Waals surface area (Å²) in [4.78, 5) is 1.60. The maximum absolute atomic E-state index is 10.4. The third-order valence-electron chi connectivity index (χ3n) is 3.11. The third kappa shape index (κ3) is 11.9. The summed E-state index contributed by atoms with van der Waals surface area (Å²) in [5.74, 6) is 0.587. The molecule has 138 valence electrons. The van der Waals surface area contributed by atoms with Crippen LogP contribution in [0.3, 0.4) is 0 Å². The van der Waals surface area contributed by atoms with Gasteiger partial charge in [0, 0.05) is 24.7 Å². The molecule has 1 aromatic carbocycles. The van der Waals surface area contributed by atoms with Gasteiger partial charge in [0.25, 0.3) is 0 Å². The summed E-state index contributed by atoms with van der Waals surface area (Å²) in [5, 5.41) is 20.2. The summed E-state index contributed by atoms with van der Waals surface area (Å²) in [6.45, 7) is 1.80. The monoisotopic (exact) mass is 420 g/mol. The standard InChI is InChI=1S/C14H23ClN2O6S.K/c1-10-5-13(3-4-14(10)15)23-9-12(19)8-17(2)7-11(18)6-16-24(20,21)22;/h3-5,11-12,16,18-19H,6-9H2,1-2H3,(H,20,21,22);/q;+1/p-1. The van der Waals surface area contributed by atoms with Gasteiger partial charge in [-0.2, -0.15) is 0 Å². The van der Waals surface area contributed by atoms with Gasteiger partial charge in [-0.05, 0) is 37.7 Å². The van der Waals surface area contributed by atoms with Gasteiger partial charge in [0.2, 0.25) is 0 Å². The van der Waals surface area contributed by atoms with Crippen LogP contribution in [-0.2, 0) is 10.3 Å². The number of nitrogens with zero attached hydrogens (tertiary/aromatic N) is 1. The van der Waals surface area contributed by atoms with Gasteiger partial charge >= 0.3 is 51.4 Å². The fraction of sp³-hybridized carbons (Fsp3) is 0.571. The average molecular weight is 421 g/mol. The maximum atomic E-state index is 10.4. The van der Waals surface area contributed by atoms with Crippen LogP contribution in [0.2, 0.25) is 5.02 Å². The summed E-state index contributed by atoms with van der Waals surface area (Å²) in [5.41, 5.74) is 0.865. The van der Waals surface area contributed by atoms with Gasteiger partial charge in [0.1, 0.15) is 18.5 Å². The number of hydrogen-bond donors (Lipinski definition) is 3. The van der Waals surface area contributed by atoms with Crippen molar-refractivity contribution in [2.24, 2.45) is 0 Å². The Kier molecular flexibility index (Phi) is 12.6. The van der Waals surface area contributed by atoms with E-state index in [2.05, 4.69) is 0 Å². The van der Waals surface area contributed by atoms with Gasteiger partial charge < -0.3 is 24.4 Å². The molecule has 1 aromatic rings. The van der Waals surface area contributed by atoms with Gasteiger partial charge in [0.15, 0.2) is 10.3 Å². The van der Waals surface area contributed by atoms with Crippen molar-refractivity contribution in [2.45, 2.75) is 19.1 Å². The second-order valence-corrected chi connectivity index (χ2v) is 7.16. The molecule has 11 heteroatoms. The number of aryl methyl sites for hydroxylation is 1. The van der Waals surface area contributed by atoms with Gasteiger partial charge in [-0.3, -0.25) is 0 Å². The Bertz CT molecular complexity index is 634. The topological polar surface area (TPSA) is 122 Å². The van der Waals surface area contributed by atoms with Crippen LogP contribution in [0.25, 0.3) is 0 Å². The second-order valence-electron chi connectivity index (χ2n) is 5.55. The third-order valence-corrected chi connectivity index (χ3v) is 4.06. The molecule has 0 fully saturated rings. The van der Waals surface area contributed by atoms with Crippen LogP contribution in [0.1, 0.15) is 5.56 Å². The fourth-order valence-corrected chi connectivity index (χ4v) is 2.52. The van der Waals surface area contributed by atoms with Crippen LogP contribution in [0, 0.1) is 6.92 Å². The summed E-state index contributed by atoms with van der Waals surface area (Å²) in [6, 6.07) is 5.17. The van der Waals surface area contributed by atoms with Crippen LogP contribution in [-0.4, -0.2) is 73.6 Å². The molecule has 3 N–H and O–H groups in total. The summed E-state index contributed by atoms with van der Waals surface area (Å²) < 4.78 is 38.4. The molecule has 0 radical (unpaired) electrons. The summed E-state index contributed by atoms with van der Waals surface area (Å²) in [6.07, 6.45) is -1.87. The number of aliphatic hydroxyl groups excluding tert-OH is 2. The van der Waals surface area contributed by atoms with Crippen molar-refractivity contribution in [1.29, 1.82) is 0 Å². The van der Waals surface area contributed by atoms with Crippen molar-refractivity contribution in [2.75, 3.05) is 33.3 Å². The molecule has 0 aliphatic carbocycles. The maximum Gasteiger partial charge on any atom is 1.00 e. The molecule has 0 bridgehead atoms. The van der Waals surface area contributed by atoms with Crippen LogP contribution >= 0.6 is 11.6 Å². The Morgan fingerprint density at radius 1 is 1.32 bits per heavy atom. The number of hydrogen-bond acceptors (Lipinski definition) is 7. The first-order chi connectivity index (χ1) is 11.1. The van der Waals surface area contributed by atoms with Crippen molar-refractivity contribution < 1.29 is 79.3 Å². The van der Waals surface area contributed by atoms with E-state index in [0.717, 1.165) is 5.56 Å². The van der Waals surface area contributed by atoms with E-state index >= 15 is 0 Å². The fourth-order valence-electron chi connectivity index (χ4n) is 2.01. The number of benzene rings is 1. The molecular formula is C14H22ClKN2O6S. The first-order valence-corrected chi connectivity index (χ1v) is 8.99. The minimum atomic E-state index is -4.58. The number of likely N-dealkylation sites (N-methyl/N-ethyl adjacent to an activating group) is 1. The smallest absolute Gasteiger partial charge is 0.735 e. The van der Waals surface area contributed by atoms with Gasteiger partial charge in [-0.25, -0.2) is 13.1 Å². The van der Waals surface area contributed by atoms with E-state index in [4.69, 9.17) is 16.3 Å². The zero-order valence-corrected chi connectivity index (χ0v) is 19.2. The van der Waals surface area contributed by atoms with Crippen molar-refractivity contribution in [3.8, 4) is 5.75 Å². The molecule has 2 atom stereocenters. The molecule has 0 aromatic heterocycles. The van der Waals surface area contributed by atoms with Crippen LogP contribution in [0.5, 0.6) is 5.75 Å². The zero-order valence-electron chi connectivity index (χ0n) is 14.5. The van der Waals surface area contributed by atoms with Crippen molar-refractivity contribution in [1.82, 2.24) is 9.62 Å². The number of ether oxygens (including phenoxy) is 1. The van der Waals surface area contributed by atoms with E-state index in [9.17, 15) is 23.2 Å². The quantitative estimate of drug-likeness (QED) is 0.268. The first-order valence-electron chi connectivity index (χ1n) is 7.21. The molecule has 0 heterocycles. The van der Waals surface area contributed by atoms with E-state index in [1.54, 1.807) is 34.9 Å². The van der Waals surface area contributed by atoms with E-state index in [-0.39, 0.29) is 77.6 Å². The molecule has 2 unspecified atom stereocenters. The molecule has 0 saturated carbocycles. The molecule has 8 nitrogen and oxygen atoms in total. The van der Waals surface area contributed by atoms with E-state index in [1.807, 2.05) is 6.92 Å². The van der Waals surface area contributed by atoms with Crippen LogP contribution < -0.4 is 60.8 Å². The van der Waals surface area contributed by atoms with Crippen LogP contribution in [0.15, 0.2) is 18.2 Å². The predicted molar refractivity (Wildman–Crippen MR) is 88.9 cm³/mol. The number of aliphatic hydroxyl groups is 2. The van der Waals surface area contributed by atoms with E-state index in [1.165, 1.54) is 0 Å². The summed E-state index contributed by atoms with van der Waals surface area (Å²) in [7, 11) is -2.94. The number of rotatable bonds is 10. The molecule has 0 aliphatic rings. The van der Waals surface area contributed by atoms with Crippen molar-refractivity contribution in [3.05, 3.63) is 28.8 Å². The molecule has 25 heavy (non-hydrogen) atoms. The Morgan fingerprint density at radius 3 is 2.48 bits per heavy atom. The van der Waals surface area contributed by atoms with E-state index < -0.39 is 22.5 Å². The molecule has 0 aliphatic heterocycles. The summed E-state index contributed by atoms with van der Waals surface area (Å²) >= 11 is 5.92. The average Bonchev–Trinajstić information content (AvgIpc) is 2.45. The Morgan fingerprint density at radius 2 is 1.92 bits per heavy atom. The van der Waals surface area contributed by atoms with Crippen molar-refractivity contribution >= 4 is 21.9 Å². The second kappa shape index (κ2) is 12.2. The van der Waals surface area contributed by atoms with Gasteiger partial charge in [0.05, 0.1) is 6.10 Å². The molecule has 1 rings (SSSR count). The normalized spacial score (nSPS) is 14.0. The van der Waals surface area contributed by atoms with Gasteiger partial charge in [-0.15, -0.1) is 0 Å².